The Kier molecular flexibility index (Phi) is 5.96. The SMILES string of the molecule is Cc1sc2ncnc(Sc3nnc(C(C)N4CCCCC4)n3-c3ccc(F)cc3)c2c1C. The second-order valence-corrected chi connectivity index (χ2v) is 10.3. The number of rotatable bonds is 5. The Hall–Kier alpha value is -2.36. The molecule has 3 aromatic heterocycles. The van der Waals surface area contributed by atoms with Gasteiger partial charge in [0.2, 0.25) is 5.16 Å². The molecule has 4 heterocycles. The lowest BCUT2D eigenvalue weighted by Crippen LogP contribution is -2.33. The first-order chi connectivity index (χ1) is 15.5. The Morgan fingerprint density at radius 3 is 2.53 bits per heavy atom. The normalized spacial score (nSPS) is 16.0. The van der Waals surface area contributed by atoms with Gasteiger partial charge in [-0.2, -0.15) is 0 Å². The summed E-state index contributed by atoms with van der Waals surface area (Å²) in [5.74, 6) is 0.605. The second-order valence-electron chi connectivity index (χ2n) is 8.17. The summed E-state index contributed by atoms with van der Waals surface area (Å²) in [5, 5.41) is 11.8. The topological polar surface area (TPSA) is 59.7 Å². The summed E-state index contributed by atoms with van der Waals surface area (Å²) in [5.41, 5.74) is 2.05. The Morgan fingerprint density at radius 2 is 1.78 bits per heavy atom. The van der Waals surface area contributed by atoms with Gasteiger partial charge in [0.15, 0.2) is 5.82 Å². The number of fused-ring (bicyclic) bond motifs is 1. The van der Waals surface area contributed by atoms with Gasteiger partial charge in [-0.1, -0.05) is 6.42 Å². The number of piperidine rings is 1. The van der Waals surface area contributed by atoms with Crippen LogP contribution in [0.1, 0.15) is 48.5 Å². The van der Waals surface area contributed by atoms with E-state index in [1.54, 1.807) is 29.8 Å². The van der Waals surface area contributed by atoms with Crippen LogP contribution >= 0.6 is 23.1 Å². The molecule has 0 N–H and O–H groups in total. The third-order valence-electron chi connectivity index (χ3n) is 6.17. The molecule has 0 radical (unpaired) electrons. The van der Waals surface area contributed by atoms with Gasteiger partial charge in [0.1, 0.15) is 22.0 Å². The van der Waals surface area contributed by atoms with Crippen molar-refractivity contribution >= 4 is 33.3 Å². The van der Waals surface area contributed by atoms with Gasteiger partial charge in [0, 0.05) is 16.0 Å². The minimum absolute atomic E-state index is 0.109. The zero-order chi connectivity index (χ0) is 22.2. The first-order valence-corrected chi connectivity index (χ1v) is 12.5. The smallest absolute Gasteiger partial charge is 0.202 e. The van der Waals surface area contributed by atoms with Gasteiger partial charge in [-0.15, -0.1) is 21.5 Å². The summed E-state index contributed by atoms with van der Waals surface area (Å²) in [7, 11) is 0. The monoisotopic (exact) mass is 468 g/mol. The summed E-state index contributed by atoms with van der Waals surface area (Å²) in [6.45, 7) is 8.50. The van der Waals surface area contributed by atoms with Crippen molar-refractivity contribution in [3.63, 3.8) is 0 Å². The standard InChI is InChI=1S/C23H25FN6S2/c1-14-16(3)31-21-19(14)22(26-13-25-21)32-23-28-27-20(15(2)29-11-5-4-6-12-29)30(23)18-9-7-17(24)8-10-18/h7-10,13,15H,4-6,11-12H2,1-3H3. The summed E-state index contributed by atoms with van der Waals surface area (Å²) >= 11 is 3.17. The zero-order valence-electron chi connectivity index (χ0n) is 18.4. The third kappa shape index (κ3) is 3.93. The minimum atomic E-state index is -0.261. The predicted octanol–water partition coefficient (Wildman–Crippen LogP) is 5.73. The molecule has 0 amide bonds. The highest BCUT2D eigenvalue weighted by Crippen LogP contribution is 2.38. The largest absolute Gasteiger partial charge is 0.294 e. The number of aromatic nitrogens is 5. The molecular weight excluding hydrogens is 443 g/mol. The van der Waals surface area contributed by atoms with Crippen LogP contribution in [0.4, 0.5) is 4.39 Å². The van der Waals surface area contributed by atoms with Crippen molar-refractivity contribution in [2.45, 2.75) is 56.3 Å². The van der Waals surface area contributed by atoms with Crippen LogP contribution in [0.5, 0.6) is 0 Å². The van der Waals surface area contributed by atoms with E-state index in [-0.39, 0.29) is 11.9 Å². The molecule has 1 atom stereocenters. The van der Waals surface area contributed by atoms with Crippen LogP contribution in [0.2, 0.25) is 0 Å². The average Bonchev–Trinajstić information content (AvgIpc) is 3.35. The van der Waals surface area contributed by atoms with Crippen LogP contribution in [0.15, 0.2) is 40.8 Å². The predicted molar refractivity (Wildman–Crippen MR) is 126 cm³/mol. The van der Waals surface area contributed by atoms with E-state index in [2.05, 4.69) is 45.8 Å². The lowest BCUT2D eigenvalue weighted by Gasteiger charge is -2.31. The van der Waals surface area contributed by atoms with Crippen LogP contribution in [0.25, 0.3) is 15.9 Å². The lowest BCUT2D eigenvalue weighted by molar-refractivity contribution is 0.167. The average molecular weight is 469 g/mol. The number of nitrogens with zero attached hydrogens (tertiary/aromatic N) is 6. The van der Waals surface area contributed by atoms with E-state index < -0.39 is 0 Å². The Labute approximate surface area is 194 Å². The van der Waals surface area contributed by atoms with E-state index in [4.69, 9.17) is 0 Å². The number of benzene rings is 1. The van der Waals surface area contributed by atoms with E-state index in [0.29, 0.717) is 0 Å². The maximum absolute atomic E-state index is 13.7. The molecule has 1 saturated heterocycles. The van der Waals surface area contributed by atoms with E-state index in [9.17, 15) is 4.39 Å². The van der Waals surface area contributed by atoms with Crippen molar-refractivity contribution in [3.8, 4) is 5.69 Å². The molecule has 0 saturated carbocycles. The molecule has 0 spiro atoms. The highest BCUT2D eigenvalue weighted by molar-refractivity contribution is 7.99. The highest BCUT2D eigenvalue weighted by atomic mass is 32.2. The van der Waals surface area contributed by atoms with Crippen molar-refractivity contribution in [3.05, 3.63) is 52.7 Å². The molecule has 1 aliphatic heterocycles. The summed E-state index contributed by atoms with van der Waals surface area (Å²) < 4.78 is 15.7. The molecule has 166 valence electrons. The Bertz CT molecular complexity index is 1240. The van der Waals surface area contributed by atoms with E-state index in [1.807, 2.05) is 4.57 Å². The molecule has 1 fully saturated rings. The van der Waals surface area contributed by atoms with Crippen molar-refractivity contribution in [1.29, 1.82) is 0 Å². The number of aryl methyl sites for hydroxylation is 2. The van der Waals surface area contributed by atoms with Crippen molar-refractivity contribution in [2.75, 3.05) is 13.1 Å². The third-order valence-corrected chi connectivity index (χ3v) is 8.24. The van der Waals surface area contributed by atoms with Crippen molar-refractivity contribution in [2.24, 2.45) is 0 Å². The van der Waals surface area contributed by atoms with Crippen LogP contribution in [-0.2, 0) is 0 Å². The second kappa shape index (κ2) is 8.88. The van der Waals surface area contributed by atoms with Crippen molar-refractivity contribution in [1.82, 2.24) is 29.6 Å². The van der Waals surface area contributed by atoms with E-state index in [0.717, 1.165) is 45.0 Å². The van der Waals surface area contributed by atoms with Crippen LogP contribution in [0.3, 0.4) is 0 Å². The quantitative estimate of drug-likeness (QED) is 0.349. The number of thiophene rings is 1. The van der Waals surface area contributed by atoms with Gasteiger partial charge in [-0.3, -0.25) is 9.47 Å². The molecule has 6 nitrogen and oxygen atoms in total. The molecule has 5 rings (SSSR count). The number of halogens is 1. The van der Waals surface area contributed by atoms with Gasteiger partial charge in [-0.05, 0) is 88.3 Å². The molecule has 0 aliphatic carbocycles. The molecule has 1 aromatic carbocycles. The van der Waals surface area contributed by atoms with Gasteiger partial charge in [0.05, 0.1) is 6.04 Å². The molecule has 9 heteroatoms. The van der Waals surface area contributed by atoms with Gasteiger partial charge in [0.25, 0.3) is 0 Å². The fourth-order valence-electron chi connectivity index (χ4n) is 4.23. The number of likely N-dealkylation sites (tertiary alicyclic amines) is 1. The fraction of sp³-hybridized carbons (Fsp3) is 0.391. The minimum Gasteiger partial charge on any atom is -0.294 e. The maximum Gasteiger partial charge on any atom is 0.202 e. The fourth-order valence-corrected chi connectivity index (χ4v) is 6.29. The van der Waals surface area contributed by atoms with Crippen molar-refractivity contribution < 1.29 is 4.39 Å². The molecule has 1 unspecified atom stereocenters. The van der Waals surface area contributed by atoms with Crippen LogP contribution in [0, 0.1) is 19.7 Å². The molecule has 0 bridgehead atoms. The van der Waals surface area contributed by atoms with E-state index in [1.165, 1.54) is 53.6 Å². The summed E-state index contributed by atoms with van der Waals surface area (Å²) in [6, 6.07) is 6.64. The van der Waals surface area contributed by atoms with E-state index >= 15 is 0 Å². The first kappa shape index (κ1) is 21.5. The molecule has 32 heavy (non-hydrogen) atoms. The summed E-state index contributed by atoms with van der Waals surface area (Å²) in [6.07, 6.45) is 5.28. The Morgan fingerprint density at radius 1 is 1.03 bits per heavy atom. The Balaban J connectivity index is 1.60. The highest BCUT2D eigenvalue weighted by Gasteiger charge is 2.26. The number of hydrogen-bond acceptors (Lipinski definition) is 7. The maximum atomic E-state index is 13.7. The lowest BCUT2D eigenvalue weighted by atomic mass is 10.1. The first-order valence-electron chi connectivity index (χ1n) is 10.9. The van der Waals surface area contributed by atoms with Crippen LogP contribution in [-0.4, -0.2) is 42.7 Å². The molecule has 1 aliphatic rings. The number of hydrogen-bond donors (Lipinski definition) is 0. The van der Waals surface area contributed by atoms with Gasteiger partial charge >= 0.3 is 0 Å². The molecule has 4 aromatic rings. The van der Waals surface area contributed by atoms with Gasteiger partial charge in [-0.25, -0.2) is 14.4 Å². The van der Waals surface area contributed by atoms with Crippen LogP contribution < -0.4 is 0 Å². The molecular formula is C23H25FN6S2. The zero-order valence-corrected chi connectivity index (χ0v) is 20.0. The van der Waals surface area contributed by atoms with Gasteiger partial charge < -0.3 is 0 Å². The summed E-state index contributed by atoms with van der Waals surface area (Å²) in [4.78, 5) is 13.7.